The largest absolute Gasteiger partial charge is 0.343 e. The molecule has 0 radical (unpaired) electrons. The fraction of sp³-hybridized carbons (Fsp3) is 0.429. The summed E-state index contributed by atoms with van der Waals surface area (Å²) in [4.78, 5) is 15.7. The van der Waals surface area contributed by atoms with Crippen LogP contribution in [-0.4, -0.2) is 17.0 Å². The third-order valence-corrected chi connectivity index (χ3v) is 1.97. The summed E-state index contributed by atoms with van der Waals surface area (Å²) in [5.74, 6) is 0. The Morgan fingerprint density at radius 1 is 1.77 bits per heavy atom. The van der Waals surface area contributed by atoms with Crippen molar-refractivity contribution in [2.45, 2.75) is 13.8 Å². The SMILES string of the molecule is CCONC(=O)Nc1cc(C)ns1. The lowest BCUT2D eigenvalue weighted by molar-refractivity contribution is 0.0759. The van der Waals surface area contributed by atoms with Crippen molar-refractivity contribution in [3.63, 3.8) is 0 Å². The number of aryl methyl sites for hydroxylation is 1. The molecule has 0 aliphatic rings. The van der Waals surface area contributed by atoms with Crippen LogP contribution in [0.4, 0.5) is 9.80 Å². The maximum atomic E-state index is 11.0. The maximum Gasteiger partial charge on any atom is 0.343 e. The van der Waals surface area contributed by atoms with Crippen LogP contribution in [0, 0.1) is 6.92 Å². The standard InChI is InChI=1S/C7H11N3O2S/c1-3-12-9-7(11)8-6-4-5(2)10-13-6/h4H,3H2,1-2H3,(H2,8,9,11). The van der Waals surface area contributed by atoms with Crippen LogP contribution < -0.4 is 10.8 Å². The third kappa shape index (κ3) is 3.39. The van der Waals surface area contributed by atoms with Gasteiger partial charge in [-0.05, 0) is 31.4 Å². The van der Waals surface area contributed by atoms with E-state index in [1.807, 2.05) is 6.92 Å². The summed E-state index contributed by atoms with van der Waals surface area (Å²) in [5, 5.41) is 3.28. The number of anilines is 1. The molecule has 2 N–H and O–H groups in total. The lowest BCUT2D eigenvalue weighted by atomic mass is 10.5. The molecule has 1 heterocycles. The van der Waals surface area contributed by atoms with Gasteiger partial charge in [0.25, 0.3) is 0 Å². The van der Waals surface area contributed by atoms with Crippen LogP contribution in [0.3, 0.4) is 0 Å². The van der Waals surface area contributed by atoms with E-state index in [9.17, 15) is 4.79 Å². The lowest BCUT2D eigenvalue weighted by Crippen LogP contribution is -2.28. The van der Waals surface area contributed by atoms with E-state index in [2.05, 4.69) is 15.2 Å². The first-order valence-corrected chi connectivity index (χ1v) is 4.62. The van der Waals surface area contributed by atoms with Gasteiger partial charge >= 0.3 is 6.03 Å². The Hall–Kier alpha value is -1.14. The molecule has 0 fully saturated rings. The molecule has 0 saturated heterocycles. The molecule has 0 aliphatic carbocycles. The van der Waals surface area contributed by atoms with E-state index in [-0.39, 0.29) is 6.03 Å². The number of rotatable bonds is 3. The molecule has 6 heteroatoms. The van der Waals surface area contributed by atoms with Gasteiger partial charge < -0.3 is 0 Å². The molecule has 2 amide bonds. The van der Waals surface area contributed by atoms with Gasteiger partial charge in [0.1, 0.15) is 5.00 Å². The molecule has 0 saturated carbocycles. The Bertz CT molecular complexity index is 287. The monoisotopic (exact) mass is 201 g/mol. The van der Waals surface area contributed by atoms with Crippen molar-refractivity contribution in [1.82, 2.24) is 9.85 Å². The summed E-state index contributed by atoms with van der Waals surface area (Å²) in [7, 11) is 0. The van der Waals surface area contributed by atoms with Crippen molar-refractivity contribution in [2.24, 2.45) is 0 Å². The summed E-state index contributed by atoms with van der Waals surface area (Å²) in [6.07, 6.45) is 0. The van der Waals surface area contributed by atoms with E-state index in [0.717, 1.165) is 5.69 Å². The Morgan fingerprint density at radius 2 is 2.54 bits per heavy atom. The lowest BCUT2D eigenvalue weighted by Gasteiger charge is -2.02. The van der Waals surface area contributed by atoms with Crippen LogP contribution in [0.2, 0.25) is 0 Å². The summed E-state index contributed by atoms with van der Waals surface area (Å²) < 4.78 is 4.01. The van der Waals surface area contributed by atoms with Gasteiger partial charge in [0, 0.05) is 0 Å². The van der Waals surface area contributed by atoms with Gasteiger partial charge in [-0.25, -0.2) is 10.3 Å². The van der Waals surface area contributed by atoms with Gasteiger partial charge in [0.2, 0.25) is 0 Å². The minimum Gasteiger partial charge on any atom is -0.296 e. The quantitative estimate of drug-likeness (QED) is 0.729. The zero-order chi connectivity index (χ0) is 9.68. The molecule has 1 rings (SSSR count). The van der Waals surface area contributed by atoms with Crippen molar-refractivity contribution < 1.29 is 9.63 Å². The Morgan fingerprint density at radius 3 is 3.08 bits per heavy atom. The molecule has 0 spiro atoms. The number of carbonyl (C=O) groups excluding carboxylic acids is 1. The van der Waals surface area contributed by atoms with E-state index in [1.54, 1.807) is 13.0 Å². The van der Waals surface area contributed by atoms with Crippen LogP contribution in [0.1, 0.15) is 12.6 Å². The fourth-order valence-electron chi connectivity index (χ4n) is 0.698. The van der Waals surface area contributed by atoms with Crippen LogP contribution in [0.15, 0.2) is 6.07 Å². The fourth-order valence-corrected chi connectivity index (χ4v) is 1.35. The highest BCUT2D eigenvalue weighted by Gasteiger charge is 2.02. The van der Waals surface area contributed by atoms with E-state index >= 15 is 0 Å². The molecule has 72 valence electrons. The van der Waals surface area contributed by atoms with Gasteiger partial charge in [-0.15, -0.1) is 0 Å². The van der Waals surface area contributed by atoms with Crippen molar-refractivity contribution in [1.29, 1.82) is 0 Å². The van der Waals surface area contributed by atoms with Gasteiger partial charge in [-0.1, -0.05) is 0 Å². The topological polar surface area (TPSA) is 63.2 Å². The van der Waals surface area contributed by atoms with Gasteiger partial charge in [-0.2, -0.15) is 4.37 Å². The van der Waals surface area contributed by atoms with E-state index in [0.29, 0.717) is 11.6 Å². The molecule has 1 aromatic heterocycles. The third-order valence-electron chi connectivity index (χ3n) is 1.17. The van der Waals surface area contributed by atoms with Gasteiger partial charge in [0.05, 0.1) is 12.3 Å². The van der Waals surface area contributed by atoms with Crippen molar-refractivity contribution in [2.75, 3.05) is 11.9 Å². The molecule has 0 unspecified atom stereocenters. The molecule has 0 aromatic carbocycles. The number of nitrogens with zero attached hydrogens (tertiary/aromatic N) is 1. The van der Waals surface area contributed by atoms with Crippen LogP contribution in [0.25, 0.3) is 0 Å². The second-order valence-electron chi connectivity index (χ2n) is 2.32. The molecule has 0 aliphatic heterocycles. The summed E-state index contributed by atoms with van der Waals surface area (Å²) in [6.45, 7) is 4.09. The highest BCUT2D eigenvalue weighted by atomic mass is 32.1. The molecular weight excluding hydrogens is 190 g/mol. The van der Waals surface area contributed by atoms with Crippen molar-refractivity contribution >= 4 is 22.6 Å². The first kappa shape index (κ1) is 9.94. The second kappa shape index (κ2) is 4.78. The minimum absolute atomic E-state index is 0.384. The molecule has 5 nitrogen and oxygen atoms in total. The zero-order valence-corrected chi connectivity index (χ0v) is 8.27. The average molecular weight is 201 g/mol. The average Bonchev–Trinajstić information content (AvgIpc) is 2.48. The van der Waals surface area contributed by atoms with Gasteiger partial charge in [-0.3, -0.25) is 10.2 Å². The number of hydrogen-bond donors (Lipinski definition) is 2. The molecular formula is C7H11N3O2S. The number of hydroxylamine groups is 1. The van der Waals surface area contributed by atoms with E-state index < -0.39 is 0 Å². The molecule has 1 aromatic rings. The van der Waals surface area contributed by atoms with Crippen LogP contribution in [-0.2, 0) is 4.84 Å². The number of carbonyl (C=O) groups is 1. The Labute approximate surface area is 80.2 Å². The maximum absolute atomic E-state index is 11.0. The Kier molecular flexibility index (Phi) is 3.66. The number of amides is 2. The normalized spacial score (nSPS) is 9.69. The number of nitrogens with one attached hydrogen (secondary N) is 2. The number of hydrogen-bond acceptors (Lipinski definition) is 4. The van der Waals surface area contributed by atoms with Crippen LogP contribution in [0.5, 0.6) is 0 Å². The summed E-state index contributed by atoms with van der Waals surface area (Å²) in [5.41, 5.74) is 3.10. The first-order valence-electron chi connectivity index (χ1n) is 3.84. The van der Waals surface area contributed by atoms with Crippen molar-refractivity contribution in [3.8, 4) is 0 Å². The molecule has 13 heavy (non-hydrogen) atoms. The van der Waals surface area contributed by atoms with E-state index in [4.69, 9.17) is 4.84 Å². The second-order valence-corrected chi connectivity index (χ2v) is 3.13. The number of aromatic nitrogens is 1. The smallest absolute Gasteiger partial charge is 0.296 e. The van der Waals surface area contributed by atoms with Crippen LogP contribution >= 0.6 is 11.5 Å². The minimum atomic E-state index is -0.384. The van der Waals surface area contributed by atoms with Gasteiger partial charge in [0.15, 0.2) is 0 Å². The molecule has 0 atom stereocenters. The first-order chi connectivity index (χ1) is 6.22. The van der Waals surface area contributed by atoms with Crippen molar-refractivity contribution in [3.05, 3.63) is 11.8 Å². The highest BCUT2D eigenvalue weighted by Crippen LogP contribution is 2.14. The predicted molar refractivity (Wildman–Crippen MR) is 50.6 cm³/mol. The predicted octanol–water partition coefficient (Wildman–Crippen LogP) is 1.52. The highest BCUT2D eigenvalue weighted by molar-refractivity contribution is 7.10. The number of urea groups is 1. The zero-order valence-electron chi connectivity index (χ0n) is 7.46. The molecule has 0 bridgehead atoms. The summed E-state index contributed by atoms with van der Waals surface area (Å²) in [6, 6.07) is 1.40. The Balaban J connectivity index is 2.36. The van der Waals surface area contributed by atoms with E-state index in [1.165, 1.54) is 11.5 Å². The summed E-state index contributed by atoms with van der Waals surface area (Å²) >= 11 is 1.23.